The molecule has 0 saturated carbocycles. The van der Waals surface area contributed by atoms with Crippen molar-refractivity contribution >= 4 is 46.8 Å². The molecule has 0 fully saturated rings. The van der Waals surface area contributed by atoms with Gasteiger partial charge >= 0.3 is 0 Å². The highest BCUT2D eigenvalue weighted by molar-refractivity contribution is 9.10. The summed E-state index contributed by atoms with van der Waals surface area (Å²) >= 11 is 9.91. The third kappa shape index (κ3) is 4.15. The Morgan fingerprint density at radius 3 is 2.41 bits per heavy atom. The molecule has 2 aromatic carbocycles. The van der Waals surface area contributed by atoms with Crippen molar-refractivity contribution in [1.82, 2.24) is 0 Å². The standard InChI is InChI=1S/C21H22BrClO3Si/c1-21(2,3)27(4,5)26-14-7-9-15(17(23)11-14)20-12-18(24)16-8-6-13(22)10-19(16)25-20/h6-12H,1-5H3. The summed E-state index contributed by atoms with van der Waals surface area (Å²) < 4.78 is 13.1. The highest BCUT2D eigenvalue weighted by atomic mass is 79.9. The first-order valence-electron chi connectivity index (χ1n) is 8.70. The van der Waals surface area contributed by atoms with Crippen molar-refractivity contribution < 1.29 is 8.84 Å². The van der Waals surface area contributed by atoms with Crippen molar-refractivity contribution in [3.63, 3.8) is 0 Å². The number of rotatable bonds is 3. The number of fused-ring (bicyclic) bond motifs is 1. The maximum atomic E-state index is 12.4. The summed E-state index contributed by atoms with van der Waals surface area (Å²) in [5, 5.41) is 1.12. The molecule has 3 rings (SSSR count). The van der Waals surface area contributed by atoms with Gasteiger partial charge in [0.2, 0.25) is 8.32 Å². The van der Waals surface area contributed by atoms with E-state index in [1.165, 1.54) is 6.07 Å². The number of benzene rings is 2. The fourth-order valence-electron chi connectivity index (χ4n) is 2.47. The average Bonchev–Trinajstić information content (AvgIpc) is 2.52. The molecule has 0 amide bonds. The summed E-state index contributed by atoms with van der Waals surface area (Å²) in [5.41, 5.74) is 1.08. The van der Waals surface area contributed by atoms with Gasteiger partial charge in [-0.1, -0.05) is 48.3 Å². The van der Waals surface area contributed by atoms with E-state index >= 15 is 0 Å². The van der Waals surface area contributed by atoms with E-state index in [0.717, 1.165) is 10.2 Å². The zero-order valence-corrected chi connectivity index (χ0v) is 19.4. The molecule has 3 nitrogen and oxygen atoms in total. The van der Waals surface area contributed by atoms with Crippen LogP contribution >= 0.6 is 27.5 Å². The van der Waals surface area contributed by atoms with Gasteiger partial charge in [0.1, 0.15) is 17.1 Å². The van der Waals surface area contributed by atoms with E-state index in [0.29, 0.717) is 27.3 Å². The van der Waals surface area contributed by atoms with Crippen LogP contribution in [-0.2, 0) is 0 Å². The molecule has 27 heavy (non-hydrogen) atoms. The van der Waals surface area contributed by atoms with Gasteiger partial charge in [0, 0.05) is 16.1 Å². The molecule has 3 aromatic rings. The van der Waals surface area contributed by atoms with E-state index in [1.807, 2.05) is 18.2 Å². The summed E-state index contributed by atoms with van der Waals surface area (Å²) in [7, 11) is -1.95. The third-order valence-electron chi connectivity index (χ3n) is 5.08. The second-order valence-electron chi connectivity index (χ2n) is 8.12. The minimum absolute atomic E-state index is 0.0939. The first kappa shape index (κ1) is 20.2. The van der Waals surface area contributed by atoms with Gasteiger partial charge in [-0.25, -0.2) is 0 Å². The van der Waals surface area contributed by atoms with Gasteiger partial charge in [-0.2, -0.15) is 0 Å². The maximum Gasteiger partial charge on any atom is 0.250 e. The van der Waals surface area contributed by atoms with Crippen LogP contribution in [0.3, 0.4) is 0 Å². The zero-order chi connectivity index (χ0) is 20.0. The van der Waals surface area contributed by atoms with Gasteiger partial charge in [0.25, 0.3) is 0 Å². The lowest BCUT2D eigenvalue weighted by atomic mass is 10.1. The Balaban J connectivity index is 2.02. The molecule has 0 bridgehead atoms. The Kier molecular flexibility index (Phi) is 5.32. The molecule has 0 aliphatic carbocycles. The van der Waals surface area contributed by atoms with Gasteiger partial charge in [-0.3, -0.25) is 4.79 Å². The fraction of sp³-hybridized carbons (Fsp3) is 0.286. The molecule has 0 unspecified atom stereocenters. The molecule has 6 heteroatoms. The summed E-state index contributed by atoms with van der Waals surface area (Å²) in [6.45, 7) is 11.0. The first-order chi connectivity index (χ1) is 12.5. The molecule has 0 aliphatic rings. The molecule has 0 atom stereocenters. The van der Waals surface area contributed by atoms with Crippen molar-refractivity contribution in [3.05, 3.63) is 62.2 Å². The van der Waals surface area contributed by atoms with Crippen molar-refractivity contribution in [2.75, 3.05) is 0 Å². The zero-order valence-electron chi connectivity index (χ0n) is 16.0. The van der Waals surface area contributed by atoms with Crippen molar-refractivity contribution in [2.45, 2.75) is 38.9 Å². The van der Waals surface area contributed by atoms with Crippen LogP contribution in [0.25, 0.3) is 22.3 Å². The second kappa shape index (κ2) is 7.11. The Bertz CT molecular complexity index is 1070. The molecular weight excluding hydrogens is 444 g/mol. The van der Waals surface area contributed by atoms with Crippen LogP contribution in [0.2, 0.25) is 23.2 Å². The molecule has 0 aliphatic heterocycles. The average molecular weight is 466 g/mol. The number of halogens is 2. The quantitative estimate of drug-likeness (QED) is 0.382. The Morgan fingerprint density at radius 1 is 1.07 bits per heavy atom. The summed E-state index contributed by atoms with van der Waals surface area (Å²) in [4.78, 5) is 12.4. The van der Waals surface area contributed by atoms with E-state index in [1.54, 1.807) is 18.2 Å². The summed E-state index contributed by atoms with van der Waals surface area (Å²) in [6, 6.07) is 12.3. The molecule has 0 saturated heterocycles. The number of hydrogen-bond donors (Lipinski definition) is 0. The SMILES string of the molecule is CC(C)(C)[Si](C)(C)Oc1ccc(-c2cc(=O)c3ccc(Br)cc3o2)c(Cl)c1. The van der Waals surface area contributed by atoms with E-state index < -0.39 is 8.32 Å². The largest absolute Gasteiger partial charge is 0.543 e. The predicted octanol–water partition coefficient (Wildman–Crippen LogP) is 7.26. The van der Waals surface area contributed by atoms with Crippen LogP contribution < -0.4 is 9.85 Å². The van der Waals surface area contributed by atoms with Crippen molar-refractivity contribution in [2.24, 2.45) is 0 Å². The number of hydrogen-bond acceptors (Lipinski definition) is 3. The highest BCUT2D eigenvalue weighted by Crippen LogP contribution is 2.39. The molecule has 0 N–H and O–H groups in total. The predicted molar refractivity (Wildman–Crippen MR) is 118 cm³/mol. The van der Waals surface area contributed by atoms with Crippen LogP contribution in [0.15, 0.2) is 56.1 Å². The molecule has 142 valence electrons. The van der Waals surface area contributed by atoms with Crippen LogP contribution in [0.4, 0.5) is 0 Å². The Labute approximate surface area is 173 Å². The van der Waals surface area contributed by atoms with Gasteiger partial charge in [0.05, 0.1) is 10.4 Å². The third-order valence-corrected chi connectivity index (χ3v) is 10.2. The molecule has 1 aromatic heterocycles. The molecule has 0 radical (unpaired) electrons. The van der Waals surface area contributed by atoms with Gasteiger partial charge in [-0.05, 0) is 54.5 Å². The minimum Gasteiger partial charge on any atom is -0.543 e. The van der Waals surface area contributed by atoms with Crippen LogP contribution in [0, 0.1) is 0 Å². The molecular formula is C21H22BrClO3Si. The fourth-order valence-corrected chi connectivity index (χ4v) is 4.09. The van der Waals surface area contributed by atoms with Crippen LogP contribution in [0.1, 0.15) is 20.8 Å². The van der Waals surface area contributed by atoms with Crippen molar-refractivity contribution in [1.29, 1.82) is 0 Å². The lowest BCUT2D eigenvalue weighted by molar-refractivity contribution is 0.492. The van der Waals surface area contributed by atoms with E-state index in [9.17, 15) is 4.79 Å². The van der Waals surface area contributed by atoms with Gasteiger partial charge in [0.15, 0.2) is 5.43 Å². The van der Waals surface area contributed by atoms with Crippen LogP contribution in [0.5, 0.6) is 5.75 Å². The van der Waals surface area contributed by atoms with E-state index in [2.05, 4.69) is 49.8 Å². The summed E-state index contributed by atoms with van der Waals surface area (Å²) in [5.74, 6) is 1.18. The lowest BCUT2D eigenvalue weighted by Crippen LogP contribution is -2.43. The van der Waals surface area contributed by atoms with E-state index in [4.69, 9.17) is 20.4 Å². The van der Waals surface area contributed by atoms with Crippen LogP contribution in [-0.4, -0.2) is 8.32 Å². The van der Waals surface area contributed by atoms with Gasteiger partial charge < -0.3 is 8.84 Å². The second-order valence-corrected chi connectivity index (χ2v) is 14.2. The first-order valence-corrected chi connectivity index (χ1v) is 12.8. The minimum atomic E-state index is -1.95. The lowest BCUT2D eigenvalue weighted by Gasteiger charge is -2.36. The molecule has 0 spiro atoms. The van der Waals surface area contributed by atoms with Crippen molar-refractivity contribution in [3.8, 4) is 17.1 Å². The normalized spacial score (nSPS) is 12.4. The van der Waals surface area contributed by atoms with E-state index in [-0.39, 0.29) is 10.5 Å². The topological polar surface area (TPSA) is 39.4 Å². The monoisotopic (exact) mass is 464 g/mol. The Morgan fingerprint density at radius 2 is 1.78 bits per heavy atom. The van der Waals surface area contributed by atoms with Gasteiger partial charge in [-0.15, -0.1) is 0 Å². The highest BCUT2D eigenvalue weighted by Gasteiger charge is 2.39. The smallest absolute Gasteiger partial charge is 0.250 e. The Hall–Kier alpha value is -1.56. The summed E-state index contributed by atoms with van der Waals surface area (Å²) in [6.07, 6.45) is 0. The maximum absolute atomic E-state index is 12.4. The molecule has 1 heterocycles.